The number of hydrogen-bond acceptors (Lipinski definition) is 5. The summed E-state index contributed by atoms with van der Waals surface area (Å²) in [6.45, 7) is 5.88. The lowest BCUT2D eigenvalue weighted by Gasteiger charge is -2.35. The maximum absolute atomic E-state index is 5.85. The SMILES string of the molecule is C[C@@H]1CN(c2ccc3ncc(-c4ccc(-c5cn[nH]c5)cc4)n3n2)C[C@H](C)O1. The summed E-state index contributed by atoms with van der Waals surface area (Å²) in [5.74, 6) is 0.948. The highest BCUT2D eigenvalue weighted by molar-refractivity contribution is 5.69. The van der Waals surface area contributed by atoms with Gasteiger partial charge in [0.2, 0.25) is 0 Å². The van der Waals surface area contributed by atoms with E-state index in [4.69, 9.17) is 9.84 Å². The third kappa shape index (κ3) is 3.03. The number of aromatic nitrogens is 5. The van der Waals surface area contributed by atoms with E-state index in [1.54, 1.807) is 0 Å². The van der Waals surface area contributed by atoms with Crippen LogP contribution in [-0.2, 0) is 4.74 Å². The van der Waals surface area contributed by atoms with Crippen LogP contribution in [0.3, 0.4) is 0 Å². The van der Waals surface area contributed by atoms with Crippen molar-refractivity contribution in [2.24, 2.45) is 0 Å². The van der Waals surface area contributed by atoms with Gasteiger partial charge in [-0.1, -0.05) is 24.3 Å². The average Bonchev–Trinajstić information content (AvgIpc) is 3.37. The molecule has 1 aliphatic heterocycles. The predicted molar refractivity (Wildman–Crippen MR) is 108 cm³/mol. The van der Waals surface area contributed by atoms with E-state index >= 15 is 0 Å². The van der Waals surface area contributed by atoms with Gasteiger partial charge in [0.15, 0.2) is 5.65 Å². The Bertz CT molecular complexity index is 1080. The molecule has 0 saturated carbocycles. The second-order valence-electron chi connectivity index (χ2n) is 7.33. The zero-order chi connectivity index (χ0) is 19.1. The van der Waals surface area contributed by atoms with Crippen LogP contribution in [0.1, 0.15) is 13.8 Å². The van der Waals surface area contributed by atoms with E-state index in [2.05, 4.69) is 58.2 Å². The molecule has 5 rings (SSSR count). The third-order valence-corrected chi connectivity index (χ3v) is 5.10. The van der Waals surface area contributed by atoms with Gasteiger partial charge in [-0.3, -0.25) is 5.10 Å². The quantitative estimate of drug-likeness (QED) is 0.595. The van der Waals surface area contributed by atoms with E-state index in [9.17, 15) is 0 Å². The fourth-order valence-electron chi connectivity index (χ4n) is 3.84. The number of anilines is 1. The smallest absolute Gasteiger partial charge is 0.154 e. The Hall–Kier alpha value is -3.19. The molecule has 7 nitrogen and oxygen atoms in total. The second-order valence-corrected chi connectivity index (χ2v) is 7.33. The summed E-state index contributed by atoms with van der Waals surface area (Å²) in [4.78, 5) is 6.81. The van der Waals surface area contributed by atoms with Gasteiger partial charge in [0, 0.05) is 30.4 Å². The average molecular weight is 374 g/mol. The monoisotopic (exact) mass is 374 g/mol. The number of rotatable bonds is 3. The van der Waals surface area contributed by atoms with E-state index in [1.165, 1.54) is 0 Å². The van der Waals surface area contributed by atoms with Gasteiger partial charge in [-0.15, -0.1) is 5.10 Å². The molecule has 4 aromatic rings. The van der Waals surface area contributed by atoms with Gasteiger partial charge in [-0.25, -0.2) is 9.50 Å². The predicted octanol–water partition coefficient (Wildman–Crippen LogP) is 3.40. The van der Waals surface area contributed by atoms with Crippen molar-refractivity contribution in [3.8, 4) is 22.4 Å². The summed E-state index contributed by atoms with van der Waals surface area (Å²) in [6.07, 6.45) is 5.98. The highest BCUT2D eigenvalue weighted by Gasteiger charge is 2.23. The highest BCUT2D eigenvalue weighted by atomic mass is 16.5. The van der Waals surface area contributed by atoms with Crippen LogP contribution in [0, 0.1) is 0 Å². The Morgan fingerprint density at radius 3 is 2.39 bits per heavy atom. The number of nitrogens with one attached hydrogen (secondary N) is 1. The van der Waals surface area contributed by atoms with Crippen LogP contribution in [0.25, 0.3) is 28.0 Å². The van der Waals surface area contributed by atoms with Crippen molar-refractivity contribution in [3.63, 3.8) is 0 Å². The van der Waals surface area contributed by atoms with Crippen LogP contribution in [-0.4, -0.2) is 50.1 Å². The standard InChI is InChI=1S/C21H22N6O/c1-14-12-26(13-15(2)28-14)21-8-7-20-22-11-19(27(20)25-21)17-5-3-16(4-6-17)18-9-23-24-10-18/h3-11,14-15H,12-13H2,1-2H3,(H,23,24)/t14-,15+. The van der Waals surface area contributed by atoms with Crippen LogP contribution in [0.5, 0.6) is 0 Å². The number of fused-ring (bicyclic) bond motifs is 1. The molecule has 1 N–H and O–H groups in total. The number of benzene rings is 1. The molecule has 1 saturated heterocycles. The second kappa shape index (κ2) is 6.76. The molecule has 142 valence electrons. The van der Waals surface area contributed by atoms with Gasteiger partial charge in [0.1, 0.15) is 5.82 Å². The number of hydrogen-bond donors (Lipinski definition) is 1. The fraction of sp³-hybridized carbons (Fsp3) is 0.286. The normalized spacial score (nSPS) is 20.0. The Labute approximate surface area is 163 Å². The summed E-state index contributed by atoms with van der Waals surface area (Å²) < 4.78 is 7.77. The lowest BCUT2D eigenvalue weighted by molar-refractivity contribution is -0.00551. The molecule has 0 amide bonds. The number of nitrogens with zero attached hydrogens (tertiary/aromatic N) is 5. The van der Waals surface area contributed by atoms with Gasteiger partial charge in [0.25, 0.3) is 0 Å². The molecule has 1 aliphatic rings. The zero-order valence-corrected chi connectivity index (χ0v) is 15.9. The van der Waals surface area contributed by atoms with Crippen LogP contribution in [0.2, 0.25) is 0 Å². The van der Waals surface area contributed by atoms with E-state index in [0.29, 0.717) is 0 Å². The Kier molecular flexibility index (Phi) is 4.09. The molecule has 0 radical (unpaired) electrons. The van der Waals surface area contributed by atoms with E-state index in [0.717, 1.165) is 46.9 Å². The fourth-order valence-corrected chi connectivity index (χ4v) is 3.84. The third-order valence-electron chi connectivity index (χ3n) is 5.10. The van der Waals surface area contributed by atoms with Crippen LogP contribution < -0.4 is 4.90 Å². The molecule has 1 fully saturated rings. The number of morpholine rings is 1. The minimum Gasteiger partial charge on any atom is -0.372 e. The van der Waals surface area contributed by atoms with Gasteiger partial charge < -0.3 is 9.64 Å². The first-order chi connectivity index (χ1) is 13.7. The van der Waals surface area contributed by atoms with Crippen molar-refractivity contribution in [1.82, 2.24) is 24.8 Å². The lowest BCUT2D eigenvalue weighted by atomic mass is 10.1. The first kappa shape index (κ1) is 16.9. The summed E-state index contributed by atoms with van der Waals surface area (Å²) in [5, 5.41) is 11.8. The first-order valence-corrected chi connectivity index (χ1v) is 9.52. The Balaban J connectivity index is 1.50. The lowest BCUT2D eigenvalue weighted by Crippen LogP contribution is -2.46. The Morgan fingerprint density at radius 1 is 0.929 bits per heavy atom. The maximum atomic E-state index is 5.85. The van der Waals surface area contributed by atoms with Crippen molar-refractivity contribution in [2.75, 3.05) is 18.0 Å². The maximum Gasteiger partial charge on any atom is 0.154 e. The van der Waals surface area contributed by atoms with Gasteiger partial charge in [0.05, 0.1) is 30.3 Å². The van der Waals surface area contributed by atoms with Gasteiger partial charge >= 0.3 is 0 Å². The number of imidazole rings is 1. The number of aromatic amines is 1. The van der Waals surface area contributed by atoms with Crippen molar-refractivity contribution in [1.29, 1.82) is 0 Å². The minimum absolute atomic E-state index is 0.193. The summed E-state index contributed by atoms with van der Waals surface area (Å²) in [7, 11) is 0. The van der Waals surface area contributed by atoms with E-state index < -0.39 is 0 Å². The molecule has 28 heavy (non-hydrogen) atoms. The Morgan fingerprint density at radius 2 is 1.68 bits per heavy atom. The molecule has 1 aromatic carbocycles. The molecular weight excluding hydrogens is 352 g/mol. The minimum atomic E-state index is 0.193. The van der Waals surface area contributed by atoms with Crippen molar-refractivity contribution >= 4 is 11.5 Å². The van der Waals surface area contributed by atoms with E-state index in [-0.39, 0.29) is 12.2 Å². The molecule has 4 heterocycles. The van der Waals surface area contributed by atoms with Gasteiger partial charge in [-0.05, 0) is 31.5 Å². The van der Waals surface area contributed by atoms with Crippen molar-refractivity contribution in [2.45, 2.75) is 26.1 Å². The molecule has 2 atom stereocenters. The van der Waals surface area contributed by atoms with Crippen molar-refractivity contribution in [3.05, 3.63) is 55.0 Å². The highest BCUT2D eigenvalue weighted by Crippen LogP contribution is 2.26. The van der Waals surface area contributed by atoms with Crippen LogP contribution in [0.15, 0.2) is 55.0 Å². The molecule has 0 unspecified atom stereocenters. The van der Waals surface area contributed by atoms with Crippen LogP contribution in [0.4, 0.5) is 5.82 Å². The summed E-state index contributed by atoms with van der Waals surface area (Å²) in [5.41, 5.74) is 5.09. The summed E-state index contributed by atoms with van der Waals surface area (Å²) in [6, 6.07) is 12.4. The van der Waals surface area contributed by atoms with Crippen LogP contribution >= 0.6 is 0 Å². The molecular formula is C21H22N6O. The first-order valence-electron chi connectivity index (χ1n) is 9.52. The van der Waals surface area contributed by atoms with E-state index in [1.807, 2.05) is 35.2 Å². The topological polar surface area (TPSA) is 71.3 Å². The molecule has 3 aromatic heterocycles. The molecule has 0 aliphatic carbocycles. The molecule has 7 heteroatoms. The summed E-state index contributed by atoms with van der Waals surface area (Å²) >= 11 is 0. The van der Waals surface area contributed by atoms with Gasteiger partial charge in [-0.2, -0.15) is 5.10 Å². The molecule has 0 bridgehead atoms. The largest absolute Gasteiger partial charge is 0.372 e. The van der Waals surface area contributed by atoms with Crippen molar-refractivity contribution < 1.29 is 4.74 Å². The number of ether oxygens (including phenoxy) is 1. The molecule has 0 spiro atoms. The number of H-pyrrole nitrogens is 1. The zero-order valence-electron chi connectivity index (χ0n) is 15.9.